The maximum atomic E-state index is 13.3. The molecule has 4 nitrogen and oxygen atoms in total. The highest BCUT2D eigenvalue weighted by atomic mass is 19.4. The second kappa shape index (κ2) is 8.82. The average molecular weight is 455 g/mol. The fourth-order valence-electron chi connectivity index (χ4n) is 3.49. The quantitative estimate of drug-likeness (QED) is 0.547. The number of benzene rings is 2. The summed E-state index contributed by atoms with van der Waals surface area (Å²) in [5, 5.41) is 11.8. The van der Waals surface area contributed by atoms with Crippen molar-refractivity contribution in [3.05, 3.63) is 64.7 Å². The summed E-state index contributed by atoms with van der Waals surface area (Å²) in [5.41, 5.74) is -2.66. The van der Waals surface area contributed by atoms with Crippen molar-refractivity contribution in [1.29, 1.82) is 5.26 Å². The van der Waals surface area contributed by atoms with Crippen LogP contribution in [-0.2, 0) is 12.4 Å². The summed E-state index contributed by atoms with van der Waals surface area (Å²) in [6.07, 6.45) is -9.28. The van der Waals surface area contributed by atoms with Crippen LogP contribution in [0.5, 0.6) is 0 Å². The van der Waals surface area contributed by atoms with Gasteiger partial charge in [-0.2, -0.15) is 31.6 Å². The molecule has 1 heterocycles. The SMILES string of the molecule is Cc1ccc(N(C(=O)c2cc(C(F)(F)F)cc(C(F)(F)F)c2)N2CCC(C#N)CC2)cc1. The predicted octanol–water partition coefficient (Wildman–Crippen LogP) is 5.83. The zero-order valence-electron chi connectivity index (χ0n) is 17.0. The molecule has 2 aromatic carbocycles. The van der Waals surface area contributed by atoms with E-state index in [1.807, 2.05) is 0 Å². The van der Waals surface area contributed by atoms with Gasteiger partial charge in [0.15, 0.2) is 0 Å². The van der Waals surface area contributed by atoms with Gasteiger partial charge in [-0.3, -0.25) is 4.79 Å². The zero-order valence-corrected chi connectivity index (χ0v) is 17.0. The molecule has 1 fully saturated rings. The Morgan fingerprint density at radius 3 is 1.91 bits per heavy atom. The van der Waals surface area contributed by atoms with Gasteiger partial charge in [-0.1, -0.05) is 17.7 Å². The molecule has 1 aliphatic rings. The number of amides is 1. The average Bonchev–Trinajstić information content (AvgIpc) is 2.74. The molecule has 32 heavy (non-hydrogen) atoms. The van der Waals surface area contributed by atoms with E-state index in [0.717, 1.165) is 10.6 Å². The smallest absolute Gasteiger partial charge is 0.267 e. The minimum atomic E-state index is -5.06. The lowest BCUT2D eigenvalue weighted by Gasteiger charge is -2.38. The maximum absolute atomic E-state index is 13.3. The number of anilines is 1. The molecule has 0 N–H and O–H groups in total. The molecule has 3 rings (SSSR count). The van der Waals surface area contributed by atoms with Gasteiger partial charge in [-0.05, 0) is 50.1 Å². The van der Waals surface area contributed by atoms with Crippen LogP contribution in [0.4, 0.5) is 32.0 Å². The lowest BCUT2D eigenvalue weighted by atomic mass is 9.99. The molecule has 0 unspecified atom stereocenters. The van der Waals surface area contributed by atoms with Crippen molar-refractivity contribution >= 4 is 11.6 Å². The molecule has 1 aliphatic heterocycles. The summed E-state index contributed by atoms with van der Waals surface area (Å²) in [6.45, 7) is 2.31. The monoisotopic (exact) mass is 455 g/mol. The molecule has 0 radical (unpaired) electrons. The highest BCUT2D eigenvalue weighted by Gasteiger charge is 2.38. The fourth-order valence-corrected chi connectivity index (χ4v) is 3.49. The molecular formula is C22H19F6N3O. The van der Waals surface area contributed by atoms with E-state index in [4.69, 9.17) is 5.26 Å². The molecule has 170 valence electrons. The zero-order chi connectivity index (χ0) is 23.7. The number of rotatable bonds is 3. The highest BCUT2D eigenvalue weighted by Crippen LogP contribution is 2.37. The number of nitrogens with zero attached hydrogens (tertiary/aromatic N) is 3. The van der Waals surface area contributed by atoms with Crippen LogP contribution in [0.1, 0.15) is 39.9 Å². The van der Waals surface area contributed by atoms with Crippen LogP contribution in [0.3, 0.4) is 0 Å². The van der Waals surface area contributed by atoms with Gasteiger partial charge in [0.1, 0.15) is 0 Å². The third kappa shape index (κ3) is 5.22. The second-order valence-electron chi connectivity index (χ2n) is 7.60. The first-order valence-corrected chi connectivity index (χ1v) is 9.75. The minimum Gasteiger partial charge on any atom is -0.267 e. The number of hydrogen-bond donors (Lipinski definition) is 0. The van der Waals surface area contributed by atoms with Gasteiger partial charge in [0.25, 0.3) is 5.91 Å². The normalized spacial score (nSPS) is 15.9. The van der Waals surface area contributed by atoms with Crippen LogP contribution in [0.25, 0.3) is 0 Å². The molecule has 1 amide bonds. The summed E-state index contributed by atoms with van der Waals surface area (Å²) in [7, 11) is 0. The second-order valence-corrected chi connectivity index (χ2v) is 7.60. The summed E-state index contributed by atoms with van der Waals surface area (Å²) < 4.78 is 79.6. The summed E-state index contributed by atoms with van der Waals surface area (Å²) >= 11 is 0. The Morgan fingerprint density at radius 1 is 0.969 bits per heavy atom. The number of carbonyl (C=O) groups excluding carboxylic acids is 1. The molecule has 10 heteroatoms. The molecule has 0 aliphatic carbocycles. The first-order valence-electron chi connectivity index (χ1n) is 9.75. The van der Waals surface area contributed by atoms with E-state index >= 15 is 0 Å². The Labute approximate surface area is 180 Å². The van der Waals surface area contributed by atoms with E-state index < -0.39 is 35.0 Å². The predicted molar refractivity (Wildman–Crippen MR) is 104 cm³/mol. The topological polar surface area (TPSA) is 47.3 Å². The van der Waals surface area contributed by atoms with Crippen LogP contribution in [0.15, 0.2) is 42.5 Å². The number of alkyl halides is 6. The van der Waals surface area contributed by atoms with Gasteiger partial charge in [0.2, 0.25) is 0 Å². The Bertz CT molecular complexity index is 984. The van der Waals surface area contributed by atoms with E-state index in [-0.39, 0.29) is 25.1 Å². The number of carbonyl (C=O) groups is 1. The molecule has 1 saturated heterocycles. The maximum Gasteiger partial charge on any atom is 0.416 e. The number of halogens is 6. The Morgan fingerprint density at radius 2 is 1.47 bits per heavy atom. The third-order valence-electron chi connectivity index (χ3n) is 5.24. The van der Waals surface area contributed by atoms with Gasteiger partial charge < -0.3 is 0 Å². The first kappa shape index (κ1) is 23.6. The molecule has 2 aromatic rings. The van der Waals surface area contributed by atoms with E-state index in [9.17, 15) is 31.1 Å². The highest BCUT2D eigenvalue weighted by molar-refractivity contribution is 6.05. The van der Waals surface area contributed by atoms with E-state index in [0.29, 0.717) is 30.7 Å². The number of piperidine rings is 1. The van der Waals surface area contributed by atoms with E-state index in [2.05, 4.69) is 6.07 Å². The fraction of sp³-hybridized carbons (Fsp3) is 0.364. The van der Waals surface area contributed by atoms with Crippen molar-refractivity contribution in [2.45, 2.75) is 32.1 Å². The van der Waals surface area contributed by atoms with Crippen molar-refractivity contribution in [1.82, 2.24) is 5.01 Å². The Balaban J connectivity index is 2.08. The third-order valence-corrected chi connectivity index (χ3v) is 5.24. The Hall–Kier alpha value is -3.06. The van der Waals surface area contributed by atoms with Crippen LogP contribution in [0, 0.1) is 24.2 Å². The van der Waals surface area contributed by atoms with Crippen molar-refractivity contribution in [3.8, 4) is 6.07 Å². The lowest BCUT2D eigenvalue weighted by molar-refractivity contribution is -0.143. The molecule has 0 bridgehead atoms. The van der Waals surface area contributed by atoms with E-state index in [1.165, 1.54) is 0 Å². The van der Waals surface area contributed by atoms with Crippen molar-refractivity contribution < 1.29 is 31.1 Å². The van der Waals surface area contributed by atoms with Crippen molar-refractivity contribution in [2.75, 3.05) is 18.1 Å². The summed E-state index contributed by atoms with van der Waals surface area (Å²) in [6, 6.07) is 9.51. The standard InChI is InChI=1S/C22H19F6N3O/c1-14-2-4-19(5-3-14)31(30-8-6-15(13-29)7-9-30)20(32)16-10-17(21(23,24)25)12-18(11-16)22(26,27)28/h2-5,10-12,15H,6-9H2,1H3. The van der Waals surface area contributed by atoms with Gasteiger partial charge in [-0.15, -0.1) is 0 Å². The lowest BCUT2D eigenvalue weighted by Crippen LogP contribution is -2.50. The molecule has 0 spiro atoms. The van der Waals surface area contributed by atoms with Crippen molar-refractivity contribution in [2.24, 2.45) is 5.92 Å². The van der Waals surface area contributed by atoms with Crippen LogP contribution < -0.4 is 5.01 Å². The Kier molecular flexibility index (Phi) is 6.51. The van der Waals surface area contributed by atoms with Crippen LogP contribution in [0.2, 0.25) is 0 Å². The summed E-state index contributed by atoms with van der Waals surface area (Å²) in [5.74, 6) is -1.24. The number of hydrazine groups is 1. The number of aryl methyl sites for hydroxylation is 1. The number of hydrogen-bond acceptors (Lipinski definition) is 3. The number of nitriles is 1. The summed E-state index contributed by atoms with van der Waals surface area (Å²) in [4.78, 5) is 13.3. The largest absolute Gasteiger partial charge is 0.416 e. The van der Waals surface area contributed by atoms with Gasteiger partial charge in [0.05, 0.1) is 22.9 Å². The van der Waals surface area contributed by atoms with Gasteiger partial charge in [-0.25, -0.2) is 10.0 Å². The van der Waals surface area contributed by atoms with Crippen molar-refractivity contribution in [3.63, 3.8) is 0 Å². The van der Waals surface area contributed by atoms with Crippen LogP contribution in [-0.4, -0.2) is 24.0 Å². The van der Waals surface area contributed by atoms with Crippen LogP contribution >= 0.6 is 0 Å². The molecule has 0 saturated carbocycles. The minimum absolute atomic E-state index is 0.00853. The molecule has 0 atom stereocenters. The molecule has 0 aromatic heterocycles. The first-order chi connectivity index (χ1) is 14.9. The van der Waals surface area contributed by atoms with E-state index in [1.54, 1.807) is 36.2 Å². The van der Waals surface area contributed by atoms with Gasteiger partial charge in [0, 0.05) is 24.6 Å². The van der Waals surface area contributed by atoms with Gasteiger partial charge >= 0.3 is 12.4 Å². The molecular weight excluding hydrogens is 436 g/mol.